The minimum absolute atomic E-state index is 0. The fourth-order valence-corrected chi connectivity index (χ4v) is 0. The maximum absolute atomic E-state index is 3.55. The first-order valence-corrected chi connectivity index (χ1v) is 1.56. The van der Waals surface area contributed by atoms with E-state index in [1.165, 1.54) is 0 Å². The summed E-state index contributed by atoms with van der Waals surface area (Å²) in [5.41, 5.74) is -0.250. The summed E-state index contributed by atoms with van der Waals surface area (Å²) >= 11 is 0. The number of hydrogen-bond donors (Lipinski definition) is 0. The minimum Gasteiger partial charge on any atom is -0.437 e. The SMILES string of the molecule is [CH2-]C([CH2-])([CH2-])C.[CH3-].[CH3-].[CH3-].[Y].[Y].[Y]. The molecule has 0 amide bonds. The second kappa shape index (κ2) is 23.3. The molecule has 0 aliphatic carbocycles. The Morgan fingerprint density at radius 3 is 0.727 bits per heavy atom. The van der Waals surface area contributed by atoms with E-state index in [1.807, 2.05) is 6.92 Å². The van der Waals surface area contributed by atoms with Crippen molar-refractivity contribution in [3.8, 4) is 0 Å². The van der Waals surface area contributed by atoms with Crippen molar-refractivity contribution in [1.82, 2.24) is 0 Å². The van der Waals surface area contributed by atoms with Crippen molar-refractivity contribution in [2.75, 3.05) is 0 Å². The smallest absolute Gasteiger partial charge is 0 e. The van der Waals surface area contributed by atoms with Crippen molar-refractivity contribution >= 4 is 0 Å². The summed E-state index contributed by atoms with van der Waals surface area (Å²) in [7, 11) is 0. The molecule has 65 valence electrons. The van der Waals surface area contributed by atoms with Crippen LogP contribution in [0.3, 0.4) is 0 Å². The van der Waals surface area contributed by atoms with Crippen LogP contribution < -0.4 is 0 Å². The molecule has 0 saturated heterocycles. The Hall–Kier alpha value is 3.31. The summed E-state index contributed by atoms with van der Waals surface area (Å²) in [6, 6.07) is 0. The molecule has 0 aromatic heterocycles. The van der Waals surface area contributed by atoms with Crippen molar-refractivity contribution < 1.29 is 98.1 Å². The van der Waals surface area contributed by atoms with Gasteiger partial charge in [-0.05, 0) is 0 Å². The molecule has 0 atom stereocenters. The van der Waals surface area contributed by atoms with E-state index >= 15 is 0 Å². The minimum atomic E-state index is -0.250. The summed E-state index contributed by atoms with van der Waals surface area (Å²) in [5, 5.41) is 0. The zero-order valence-electron chi connectivity index (χ0n) is 8.35. The molecule has 0 fully saturated rings. The first-order chi connectivity index (χ1) is 2.00. The van der Waals surface area contributed by atoms with Gasteiger partial charge in [0.05, 0.1) is 0 Å². The standard InChI is InChI=1S/C5H9.3CH3.3Y/c1-5(2,3)4;;;;;;/h1-3H2,4H3;3*1H3;;;/q-3;3*-1;;;. The molecule has 3 radical (unpaired) electrons. The van der Waals surface area contributed by atoms with E-state index in [-0.39, 0.29) is 126 Å². The quantitative estimate of drug-likeness (QED) is 0.567. The Bertz CT molecular complexity index is 24.8. The summed E-state index contributed by atoms with van der Waals surface area (Å²) in [4.78, 5) is 0. The van der Waals surface area contributed by atoms with E-state index < -0.39 is 0 Å². The molecule has 0 nitrogen and oxygen atoms in total. The molecule has 0 N–H and O–H groups in total. The fraction of sp³-hybridized carbons (Fsp3) is 0.250. The van der Waals surface area contributed by atoms with Crippen LogP contribution in [-0.4, -0.2) is 0 Å². The zero-order valence-corrected chi connectivity index (χ0v) is 16.9. The van der Waals surface area contributed by atoms with Crippen molar-refractivity contribution in [3.05, 3.63) is 43.1 Å². The van der Waals surface area contributed by atoms with Crippen LogP contribution in [0.25, 0.3) is 0 Å². The van der Waals surface area contributed by atoms with Gasteiger partial charge < -0.3 is 48.5 Å². The molecule has 0 aromatic carbocycles. The predicted octanol–water partition coefficient (Wildman–Crippen LogP) is 2.84. The second-order valence-corrected chi connectivity index (χ2v) is 1.81. The molecular weight excluding hydrogens is 363 g/mol. The first-order valence-electron chi connectivity index (χ1n) is 1.56. The summed E-state index contributed by atoms with van der Waals surface area (Å²) < 4.78 is 0. The molecule has 0 saturated carbocycles. The van der Waals surface area contributed by atoms with Crippen LogP contribution in [0.2, 0.25) is 0 Å². The number of hydrogen-bond acceptors (Lipinski definition) is 0. The topological polar surface area (TPSA) is 0 Å². The van der Waals surface area contributed by atoms with Gasteiger partial charge in [-0.2, -0.15) is 0 Å². The van der Waals surface area contributed by atoms with Crippen LogP contribution in [0.15, 0.2) is 0 Å². The third-order valence-corrected chi connectivity index (χ3v) is 0. The van der Waals surface area contributed by atoms with Gasteiger partial charge in [-0.3, -0.25) is 0 Å². The van der Waals surface area contributed by atoms with Gasteiger partial charge >= 0.3 is 0 Å². The summed E-state index contributed by atoms with van der Waals surface area (Å²) in [6.45, 7) is 12.5. The largest absolute Gasteiger partial charge is 0.437 e. The van der Waals surface area contributed by atoms with Gasteiger partial charge in [-0.1, -0.05) is 0 Å². The molecule has 0 aliphatic heterocycles. The molecule has 3 heteroatoms. The Morgan fingerprint density at radius 1 is 0.727 bits per heavy atom. The van der Waals surface area contributed by atoms with Crippen molar-refractivity contribution in [2.24, 2.45) is 5.41 Å². The van der Waals surface area contributed by atoms with E-state index in [2.05, 4.69) is 20.8 Å². The van der Waals surface area contributed by atoms with Gasteiger partial charge in [0.25, 0.3) is 0 Å². The van der Waals surface area contributed by atoms with Crippen molar-refractivity contribution in [3.63, 3.8) is 0 Å². The molecule has 11 heavy (non-hydrogen) atoms. The zero-order chi connectivity index (χ0) is 4.50. The predicted molar refractivity (Wildman–Crippen MR) is 43.4 cm³/mol. The number of rotatable bonds is 0. The average molecular weight is 381 g/mol. The molecule has 0 aromatic rings. The molecule has 0 aliphatic rings. The van der Waals surface area contributed by atoms with Crippen LogP contribution in [0.1, 0.15) is 6.92 Å². The Kier molecular flexibility index (Phi) is 100. The Balaban J connectivity index is -0.00000000533. The first kappa shape index (κ1) is 47.4. The van der Waals surface area contributed by atoms with E-state index in [0.29, 0.717) is 0 Å². The molecule has 0 bridgehead atoms. The van der Waals surface area contributed by atoms with Crippen LogP contribution in [0.5, 0.6) is 0 Å². The van der Waals surface area contributed by atoms with Gasteiger partial charge in [0.1, 0.15) is 0 Å². The third-order valence-electron chi connectivity index (χ3n) is 0. The van der Waals surface area contributed by atoms with E-state index in [1.54, 1.807) is 0 Å². The monoisotopic (exact) mass is 381 g/mol. The van der Waals surface area contributed by atoms with Crippen LogP contribution in [0, 0.1) is 48.5 Å². The molecule has 0 spiro atoms. The summed E-state index contributed by atoms with van der Waals surface area (Å²) in [5.74, 6) is 0. The fourth-order valence-electron chi connectivity index (χ4n) is 0. The van der Waals surface area contributed by atoms with Crippen LogP contribution in [0.4, 0.5) is 0 Å². The molecule has 0 unspecified atom stereocenters. The average Bonchev–Trinajstić information content (AvgIpc) is 0.722. The third kappa shape index (κ3) is 155. The van der Waals surface area contributed by atoms with E-state index in [4.69, 9.17) is 0 Å². The maximum Gasteiger partial charge on any atom is 0 e. The van der Waals surface area contributed by atoms with Crippen molar-refractivity contribution in [1.29, 1.82) is 0 Å². The van der Waals surface area contributed by atoms with Crippen LogP contribution in [-0.2, 0) is 98.1 Å². The van der Waals surface area contributed by atoms with Gasteiger partial charge in [0.2, 0.25) is 0 Å². The molecule has 0 heterocycles. The second-order valence-electron chi connectivity index (χ2n) is 1.81. The van der Waals surface area contributed by atoms with E-state index in [0.717, 1.165) is 0 Å². The Morgan fingerprint density at radius 2 is 0.727 bits per heavy atom. The van der Waals surface area contributed by atoms with Gasteiger partial charge in [0.15, 0.2) is 0 Å². The maximum atomic E-state index is 3.55. The molecule has 0 rings (SSSR count). The van der Waals surface area contributed by atoms with Gasteiger partial charge in [0, 0.05) is 98.1 Å². The normalized spacial score (nSPS) is 5.45. The van der Waals surface area contributed by atoms with Crippen LogP contribution >= 0.6 is 0 Å². The summed E-state index contributed by atoms with van der Waals surface area (Å²) in [6.07, 6.45) is 0. The van der Waals surface area contributed by atoms with Gasteiger partial charge in [-0.15, -0.1) is 6.92 Å². The Labute approximate surface area is 150 Å². The molecular formula is C8H18Y3-6. The van der Waals surface area contributed by atoms with Crippen molar-refractivity contribution in [2.45, 2.75) is 6.92 Å². The van der Waals surface area contributed by atoms with Gasteiger partial charge in [-0.25, -0.2) is 0 Å². The van der Waals surface area contributed by atoms with E-state index in [9.17, 15) is 0 Å².